The Morgan fingerprint density at radius 1 is 1.20 bits per heavy atom. The maximum atomic E-state index is 5.67. The maximum Gasteiger partial charge on any atom is 0.169 e. The van der Waals surface area contributed by atoms with E-state index in [1.165, 1.54) is 43.5 Å². The molecular weight excluding hydrogens is 266 g/mol. The van der Waals surface area contributed by atoms with Crippen LogP contribution < -0.4 is 5.32 Å². The number of fused-ring (bicyclic) bond motifs is 1. The third-order valence-corrected chi connectivity index (χ3v) is 5.24. The van der Waals surface area contributed by atoms with E-state index in [0.29, 0.717) is 12.1 Å². The number of hydrogen-bond donors (Lipinski definition) is 1. The van der Waals surface area contributed by atoms with Crippen LogP contribution in [-0.4, -0.2) is 27.2 Å². The number of aromatic nitrogens is 1. The number of nitrogens with one attached hydrogen (secondary N) is 1. The van der Waals surface area contributed by atoms with Crippen LogP contribution in [0, 0.1) is 6.92 Å². The quantitative estimate of drug-likeness (QED) is 0.801. The third-order valence-electron chi connectivity index (χ3n) is 4.89. The number of nitrogens with zero attached hydrogens (tertiary/aromatic N) is 2. The molecule has 0 saturated heterocycles. The molecule has 1 fully saturated rings. The van der Waals surface area contributed by atoms with E-state index in [1.807, 2.05) is 0 Å². The van der Waals surface area contributed by atoms with E-state index in [9.17, 15) is 0 Å². The molecular formula is C16H25N3S. The van der Waals surface area contributed by atoms with Gasteiger partial charge in [-0.3, -0.25) is 0 Å². The summed E-state index contributed by atoms with van der Waals surface area (Å²) < 4.78 is 2.42. The second kappa shape index (κ2) is 5.76. The van der Waals surface area contributed by atoms with Gasteiger partial charge in [0.1, 0.15) is 0 Å². The predicted octanol–water partition coefficient (Wildman–Crippen LogP) is 3.38. The molecule has 1 aromatic heterocycles. The summed E-state index contributed by atoms with van der Waals surface area (Å²) in [6.45, 7) is 6.51. The zero-order chi connectivity index (χ0) is 14.1. The molecule has 0 bridgehead atoms. The molecule has 110 valence electrons. The molecule has 1 aliphatic carbocycles. The van der Waals surface area contributed by atoms with Crippen molar-refractivity contribution in [3.63, 3.8) is 0 Å². The zero-order valence-electron chi connectivity index (χ0n) is 12.6. The first-order valence-corrected chi connectivity index (χ1v) is 8.31. The van der Waals surface area contributed by atoms with E-state index in [4.69, 9.17) is 12.2 Å². The van der Waals surface area contributed by atoms with Crippen molar-refractivity contribution in [2.75, 3.05) is 6.54 Å². The van der Waals surface area contributed by atoms with Gasteiger partial charge < -0.3 is 14.8 Å². The van der Waals surface area contributed by atoms with E-state index in [2.05, 4.69) is 40.8 Å². The van der Waals surface area contributed by atoms with Gasteiger partial charge in [0.2, 0.25) is 0 Å². The van der Waals surface area contributed by atoms with Gasteiger partial charge in [-0.15, -0.1) is 0 Å². The Hall–Kier alpha value is -1.03. The topological polar surface area (TPSA) is 20.2 Å². The van der Waals surface area contributed by atoms with Gasteiger partial charge in [0, 0.05) is 30.5 Å². The molecule has 1 aromatic rings. The first-order valence-electron chi connectivity index (χ1n) is 7.90. The fourth-order valence-electron chi connectivity index (χ4n) is 3.60. The second-order valence-electron chi connectivity index (χ2n) is 6.21. The molecule has 3 nitrogen and oxygen atoms in total. The molecule has 1 aliphatic heterocycles. The minimum atomic E-state index is 0.376. The minimum Gasteiger partial charge on any atom is -0.360 e. The highest BCUT2D eigenvalue weighted by Crippen LogP contribution is 2.27. The Morgan fingerprint density at radius 2 is 1.95 bits per heavy atom. The van der Waals surface area contributed by atoms with Gasteiger partial charge in [-0.25, -0.2) is 0 Å². The van der Waals surface area contributed by atoms with Gasteiger partial charge in [-0.1, -0.05) is 19.3 Å². The number of hydrogen-bond acceptors (Lipinski definition) is 1. The average Bonchev–Trinajstić information content (AvgIpc) is 2.83. The van der Waals surface area contributed by atoms with Crippen molar-refractivity contribution in [3.8, 4) is 0 Å². The van der Waals surface area contributed by atoms with Gasteiger partial charge in [0.15, 0.2) is 5.11 Å². The summed E-state index contributed by atoms with van der Waals surface area (Å²) in [6, 6.07) is 5.43. The lowest BCUT2D eigenvalue weighted by atomic mass is 9.96. The molecule has 1 saturated carbocycles. The Morgan fingerprint density at radius 3 is 2.70 bits per heavy atom. The molecule has 20 heavy (non-hydrogen) atoms. The van der Waals surface area contributed by atoms with E-state index >= 15 is 0 Å². The fraction of sp³-hybridized carbons (Fsp3) is 0.688. The fourth-order valence-corrected chi connectivity index (χ4v) is 4.02. The van der Waals surface area contributed by atoms with Crippen LogP contribution in [0.15, 0.2) is 12.1 Å². The Kier molecular flexibility index (Phi) is 4.01. The highest BCUT2D eigenvalue weighted by atomic mass is 32.1. The van der Waals surface area contributed by atoms with Crippen LogP contribution in [0.3, 0.4) is 0 Å². The number of aryl methyl sites for hydroxylation is 1. The van der Waals surface area contributed by atoms with Crippen LogP contribution in [0.5, 0.6) is 0 Å². The maximum absolute atomic E-state index is 5.67. The molecule has 0 amide bonds. The summed E-state index contributed by atoms with van der Waals surface area (Å²) in [7, 11) is 0. The second-order valence-corrected chi connectivity index (χ2v) is 6.59. The molecule has 0 unspecified atom stereocenters. The van der Waals surface area contributed by atoms with Crippen LogP contribution in [0.25, 0.3) is 0 Å². The van der Waals surface area contributed by atoms with Crippen LogP contribution >= 0.6 is 12.2 Å². The van der Waals surface area contributed by atoms with E-state index < -0.39 is 0 Å². The predicted molar refractivity (Wildman–Crippen MR) is 86.9 cm³/mol. The number of rotatable bonds is 1. The summed E-state index contributed by atoms with van der Waals surface area (Å²) in [5.41, 5.74) is 2.75. The normalized spacial score (nSPS) is 23.5. The summed E-state index contributed by atoms with van der Waals surface area (Å²) >= 11 is 5.67. The lowest BCUT2D eigenvalue weighted by molar-refractivity contribution is 0.261. The van der Waals surface area contributed by atoms with Crippen LogP contribution in [0.4, 0.5) is 0 Å². The molecule has 2 aliphatic rings. The molecule has 2 heterocycles. The SMILES string of the molecule is Cc1ccc2n1CCN(C(=S)NC1CCCCC1)[C@@H]2C. The standard InChI is InChI=1S/C16H25N3S/c1-12-8-9-15-13(2)19(11-10-18(12)15)16(20)17-14-6-4-3-5-7-14/h8-9,13-14H,3-7,10-11H2,1-2H3,(H,17,20)/t13-/m1/s1. The van der Waals surface area contributed by atoms with E-state index in [-0.39, 0.29) is 0 Å². The number of thiocarbonyl (C=S) groups is 1. The van der Waals surface area contributed by atoms with Crippen LogP contribution in [-0.2, 0) is 6.54 Å². The summed E-state index contributed by atoms with van der Waals surface area (Å²) in [4.78, 5) is 2.36. The summed E-state index contributed by atoms with van der Waals surface area (Å²) in [6.07, 6.45) is 6.63. The Labute approximate surface area is 127 Å². The molecule has 1 N–H and O–H groups in total. The minimum absolute atomic E-state index is 0.376. The van der Waals surface area contributed by atoms with Gasteiger partial charge in [0.05, 0.1) is 6.04 Å². The third kappa shape index (κ3) is 2.58. The summed E-state index contributed by atoms with van der Waals surface area (Å²) in [5.74, 6) is 0. The largest absolute Gasteiger partial charge is 0.360 e. The molecule has 1 atom stereocenters. The smallest absolute Gasteiger partial charge is 0.169 e. The van der Waals surface area contributed by atoms with Crippen LogP contribution in [0.1, 0.15) is 56.5 Å². The van der Waals surface area contributed by atoms with E-state index in [1.54, 1.807) is 0 Å². The van der Waals surface area contributed by atoms with Crippen LogP contribution in [0.2, 0.25) is 0 Å². The van der Waals surface area contributed by atoms with Crippen molar-refractivity contribution < 1.29 is 0 Å². The summed E-state index contributed by atoms with van der Waals surface area (Å²) in [5, 5.41) is 4.56. The Balaban J connectivity index is 1.67. The zero-order valence-corrected chi connectivity index (χ0v) is 13.4. The van der Waals surface area contributed by atoms with E-state index in [0.717, 1.165) is 18.2 Å². The van der Waals surface area contributed by atoms with Gasteiger partial charge >= 0.3 is 0 Å². The lowest BCUT2D eigenvalue weighted by Gasteiger charge is -2.39. The molecule has 0 spiro atoms. The van der Waals surface area contributed by atoms with Crippen molar-refractivity contribution >= 4 is 17.3 Å². The first-order chi connectivity index (χ1) is 9.66. The van der Waals surface area contributed by atoms with Crippen molar-refractivity contribution in [1.29, 1.82) is 0 Å². The average molecular weight is 291 g/mol. The van der Waals surface area contributed by atoms with Crippen molar-refractivity contribution in [2.24, 2.45) is 0 Å². The molecule has 4 heteroatoms. The molecule has 0 aromatic carbocycles. The van der Waals surface area contributed by atoms with Crippen molar-refractivity contribution in [2.45, 2.75) is 64.6 Å². The lowest BCUT2D eigenvalue weighted by Crippen LogP contribution is -2.49. The van der Waals surface area contributed by atoms with Gasteiger partial charge in [-0.2, -0.15) is 0 Å². The molecule has 3 rings (SSSR count). The Bertz CT molecular complexity index is 488. The highest BCUT2D eigenvalue weighted by Gasteiger charge is 2.27. The van der Waals surface area contributed by atoms with Crippen molar-refractivity contribution in [1.82, 2.24) is 14.8 Å². The van der Waals surface area contributed by atoms with Crippen molar-refractivity contribution in [3.05, 3.63) is 23.5 Å². The van der Waals surface area contributed by atoms with Gasteiger partial charge in [0.25, 0.3) is 0 Å². The highest BCUT2D eigenvalue weighted by molar-refractivity contribution is 7.80. The first kappa shape index (κ1) is 13.9. The van der Waals surface area contributed by atoms with Gasteiger partial charge in [-0.05, 0) is 51.0 Å². The molecule has 0 radical (unpaired) electrons. The monoisotopic (exact) mass is 291 g/mol.